The first-order valence-corrected chi connectivity index (χ1v) is 5.03. The monoisotopic (exact) mass is 253 g/mol. The van der Waals surface area contributed by atoms with Crippen molar-refractivity contribution in [1.82, 2.24) is 19.9 Å². The highest BCUT2D eigenvalue weighted by atomic mass is 16.5. The minimum Gasteiger partial charge on any atom is -0.480 e. The molecule has 0 aliphatic carbocycles. The van der Waals surface area contributed by atoms with E-state index in [-0.39, 0.29) is 23.6 Å². The van der Waals surface area contributed by atoms with E-state index in [4.69, 9.17) is 15.4 Å². The fourth-order valence-electron chi connectivity index (χ4n) is 1.44. The number of nitrogens with zero attached hydrogens (tertiary/aromatic N) is 3. The van der Waals surface area contributed by atoms with Gasteiger partial charge in [-0.1, -0.05) is 0 Å². The Morgan fingerprint density at radius 2 is 2.44 bits per heavy atom. The van der Waals surface area contributed by atoms with Gasteiger partial charge >= 0.3 is 5.97 Å². The number of rotatable bonds is 4. The first-order valence-electron chi connectivity index (χ1n) is 5.03. The number of nitrogens with two attached hydrogens (primary N) is 1. The predicted octanol–water partition coefficient (Wildman–Crippen LogP) is -1.28. The number of hydrogen-bond acceptors (Lipinski definition) is 6. The van der Waals surface area contributed by atoms with Crippen molar-refractivity contribution >= 4 is 5.97 Å². The standard InChI is InChI=1S/C9H11N5O4/c1-14-3-11-7(12-14)6-4(8(15)13-18-6)2-5(10)9(16)17/h3,5H,2,10H2,1H3,(H,13,15)(H,16,17)/t5-/m1/s1. The summed E-state index contributed by atoms with van der Waals surface area (Å²) < 4.78 is 6.38. The molecule has 0 saturated carbocycles. The maximum Gasteiger partial charge on any atom is 0.320 e. The normalized spacial score (nSPS) is 12.6. The van der Waals surface area contributed by atoms with Crippen LogP contribution in [0.3, 0.4) is 0 Å². The van der Waals surface area contributed by atoms with Crippen molar-refractivity contribution in [1.29, 1.82) is 0 Å². The Morgan fingerprint density at radius 1 is 1.72 bits per heavy atom. The lowest BCUT2D eigenvalue weighted by molar-refractivity contribution is -0.138. The molecule has 9 heteroatoms. The van der Waals surface area contributed by atoms with Gasteiger partial charge in [0.2, 0.25) is 11.6 Å². The summed E-state index contributed by atoms with van der Waals surface area (Å²) in [5, 5.41) is 14.8. The number of nitrogens with one attached hydrogen (secondary N) is 1. The van der Waals surface area contributed by atoms with Crippen LogP contribution in [0.1, 0.15) is 5.56 Å². The van der Waals surface area contributed by atoms with E-state index in [0.29, 0.717) is 0 Å². The van der Waals surface area contributed by atoms with Gasteiger partial charge in [0.1, 0.15) is 12.4 Å². The second-order valence-electron chi connectivity index (χ2n) is 3.73. The Morgan fingerprint density at radius 3 is 3.00 bits per heavy atom. The van der Waals surface area contributed by atoms with E-state index >= 15 is 0 Å². The second kappa shape index (κ2) is 4.45. The first kappa shape index (κ1) is 12.0. The molecule has 2 aromatic heterocycles. The lowest BCUT2D eigenvalue weighted by atomic mass is 10.1. The van der Waals surface area contributed by atoms with Crippen LogP contribution in [-0.2, 0) is 18.3 Å². The fraction of sp³-hybridized carbons (Fsp3) is 0.333. The Hall–Kier alpha value is -2.42. The highest BCUT2D eigenvalue weighted by Crippen LogP contribution is 2.17. The third kappa shape index (κ3) is 2.15. The Kier molecular flexibility index (Phi) is 2.98. The smallest absolute Gasteiger partial charge is 0.320 e. The van der Waals surface area contributed by atoms with E-state index in [1.165, 1.54) is 11.0 Å². The number of hydrogen-bond donors (Lipinski definition) is 3. The summed E-state index contributed by atoms with van der Waals surface area (Å²) in [7, 11) is 1.66. The van der Waals surface area contributed by atoms with Crippen LogP contribution in [0.15, 0.2) is 15.6 Å². The van der Waals surface area contributed by atoms with Crippen LogP contribution in [0.5, 0.6) is 0 Å². The molecule has 0 fully saturated rings. The van der Waals surface area contributed by atoms with Crippen molar-refractivity contribution in [3.8, 4) is 11.6 Å². The molecule has 1 atom stereocenters. The van der Waals surface area contributed by atoms with Crippen molar-refractivity contribution in [2.75, 3.05) is 0 Å². The highest BCUT2D eigenvalue weighted by molar-refractivity contribution is 5.74. The van der Waals surface area contributed by atoms with Crippen LogP contribution < -0.4 is 11.3 Å². The van der Waals surface area contributed by atoms with Gasteiger partial charge in [-0.15, -0.1) is 5.10 Å². The maximum atomic E-state index is 11.5. The molecule has 0 aliphatic rings. The molecule has 0 spiro atoms. The summed E-state index contributed by atoms with van der Waals surface area (Å²) >= 11 is 0. The lowest BCUT2D eigenvalue weighted by Crippen LogP contribution is -2.33. The van der Waals surface area contributed by atoms with E-state index in [2.05, 4.69) is 15.2 Å². The van der Waals surface area contributed by atoms with Crippen molar-refractivity contribution < 1.29 is 14.4 Å². The number of carboxylic acids is 1. The summed E-state index contributed by atoms with van der Waals surface area (Å²) in [4.78, 5) is 26.1. The summed E-state index contributed by atoms with van der Waals surface area (Å²) in [5.41, 5.74) is 4.98. The minimum absolute atomic E-state index is 0.109. The molecular formula is C9H11N5O4. The van der Waals surface area contributed by atoms with Crippen LogP contribution in [0.4, 0.5) is 0 Å². The molecule has 0 saturated heterocycles. The van der Waals surface area contributed by atoms with Crippen LogP contribution in [0.25, 0.3) is 11.6 Å². The number of carboxylic acid groups (broad SMARTS) is 1. The van der Waals surface area contributed by atoms with Gasteiger partial charge in [-0.05, 0) is 0 Å². The molecule has 9 nitrogen and oxygen atoms in total. The Balaban J connectivity index is 2.39. The van der Waals surface area contributed by atoms with Gasteiger partial charge in [0.05, 0.1) is 5.56 Å². The fourth-order valence-corrected chi connectivity index (χ4v) is 1.44. The van der Waals surface area contributed by atoms with Gasteiger partial charge in [0.15, 0.2) is 0 Å². The number of aliphatic carboxylic acids is 1. The Labute approximate surface area is 100 Å². The average molecular weight is 253 g/mol. The van der Waals surface area contributed by atoms with Gasteiger partial charge < -0.3 is 15.4 Å². The first-order chi connectivity index (χ1) is 8.49. The zero-order chi connectivity index (χ0) is 13.3. The topological polar surface area (TPSA) is 140 Å². The van der Waals surface area contributed by atoms with Gasteiger partial charge in [0.25, 0.3) is 5.56 Å². The number of H-pyrrole nitrogens is 1. The van der Waals surface area contributed by atoms with Gasteiger partial charge in [-0.25, -0.2) is 4.98 Å². The number of aromatic amines is 1. The van der Waals surface area contributed by atoms with Crippen LogP contribution in [0.2, 0.25) is 0 Å². The van der Waals surface area contributed by atoms with Crippen molar-refractivity contribution in [3.05, 3.63) is 22.2 Å². The molecule has 2 heterocycles. The number of carbonyl (C=O) groups is 1. The van der Waals surface area contributed by atoms with Crippen LogP contribution in [0, 0.1) is 0 Å². The van der Waals surface area contributed by atoms with E-state index in [1.54, 1.807) is 7.05 Å². The molecule has 2 rings (SSSR count). The van der Waals surface area contributed by atoms with Crippen molar-refractivity contribution in [2.24, 2.45) is 12.8 Å². The number of aromatic nitrogens is 4. The predicted molar refractivity (Wildman–Crippen MR) is 58.6 cm³/mol. The molecule has 0 unspecified atom stereocenters. The molecule has 4 N–H and O–H groups in total. The maximum absolute atomic E-state index is 11.5. The molecule has 96 valence electrons. The van der Waals surface area contributed by atoms with E-state index < -0.39 is 17.6 Å². The second-order valence-corrected chi connectivity index (χ2v) is 3.73. The zero-order valence-corrected chi connectivity index (χ0v) is 9.45. The van der Waals surface area contributed by atoms with Gasteiger partial charge in [-0.3, -0.25) is 14.3 Å². The Bertz CT molecular complexity index is 625. The van der Waals surface area contributed by atoms with E-state index in [9.17, 15) is 9.59 Å². The highest BCUT2D eigenvalue weighted by Gasteiger charge is 2.23. The molecular weight excluding hydrogens is 242 g/mol. The summed E-state index contributed by atoms with van der Waals surface area (Å²) in [5.74, 6) is -0.892. The SMILES string of the molecule is Cn1cnc(-c2o[nH]c(=O)c2C[C@@H](N)C(=O)O)n1. The summed E-state index contributed by atoms with van der Waals surface area (Å²) in [6.45, 7) is 0. The third-order valence-corrected chi connectivity index (χ3v) is 2.34. The molecule has 0 amide bonds. The van der Waals surface area contributed by atoms with E-state index in [1.807, 2.05) is 0 Å². The lowest BCUT2D eigenvalue weighted by Gasteiger charge is -2.03. The number of aryl methyl sites for hydroxylation is 1. The largest absolute Gasteiger partial charge is 0.480 e. The summed E-state index contributed by atoms with van der Waals surface area (Å²) in [6, 6.07) is -1.19. The third-order valence-electron chi connectivity index (χ3n) is 2.34. The van der Waals surface area contributed by atoms with Gasteiger partial charge in [-0.2, -0.15) is 5.16 Å². The minimum atomic E-state index is -1.20. The van der Waals surface area contributed by atoms with E-state index in [0.717, 1.165) is 0 Å². The molecule has 2 aromatic rings. The molecule has 0 aliphatic heterocycles. The van der Waals surface area contributed by atoms with Crippen LogP contribution in [-0.4, -0.2) is 37.0 Å². The van der Waals surface area contributed by atoms with Crippen LogP contribution >= 0.6 is 0 Å². The molecule has 0 radical (unpaired) electrons. The zero-order valence-electron chi connectivity index (χ0n) is 9.45. The van der Waals surface area contributed by atoms with Crippen molar-refractivity contribution in [3.63, 3.8) is 0 Å². The molecule has 18 heavy (non-hydrogen) atoms. The molecule has 0 aromatic carbocycles. The quantitative estimate of drug-likeness (QED) is 0.616. The van der Waals surface area contributed by atoms with Gasteiger partial charge in [0, 0.05) is 13.5 Å². The van der Waals surface area contributed by atoms with Crippen molar-refractivity contribution in [2.45, 2.75) is 12.5 Å². The summed E-state index contributed by atoms with van der Waals surface area (Å²) in [6.07, 6.45) is 1.28. The average Bonchev–Trinajstić information content (AvgIpc) is 2.87. The molecule has 0 bridgehead atoms.